The molecule has 7 nitrogen and oxygen atoms in total. The molecule has 1 aromatic carbocycles. The van der Waals surface area contributed by atoms with Crippen molar-refractivity contribution in [3.63, 3.8) is 0 Å². The van der Waals surface area contributed by atoms with Crippen molar-refractivity contribution in [2.45, 2.75) is 63.0 Å². The molecule has 1 aliphatic carbocycles. The van der Waals surface area contributed by atoms with Gasteiger partial charge in [0.1, 0.15) is 35.4 Å². The summed E-state index contributed by atoms with van der Waals surface area (Å²) in [5.41, 5.74) is 3.38. The zero-order chi connectivity index (χ0) is 25.7. The van der Waals surface area contributed by atoms with Crippen molar-refractivity contribution in [2.24, 2.45) is 5.92 Å². The molecule has 0 saturated heterocycles. The fraction of sp³-hybridized carbons (Fsp3) is 0.600. The van der Waals surface area contributed by atoms with Crippen LogP contribution in [0.3, 0.4) is 0 Å². The monoisotopic (exact) mass is 502 g/mol. The molecule has 14 heteroatoms. The lowest BCUT2D eigenvalue weighted by molar-refractivity contribution is -0.218. The molecular weight excluding hydrogens is 474 g/mol. The summed E-state index contributed by atoms with van der Waals surface area (Å²) in [6.07, 6.45) is -5.67. The predicted molar refractivity (Wildman–Crippen MR) is 127 cm³/mol. The van der Waals surface area contributed by atoms with Crippen LogP contribution in [-0.4, -0.2) is 72.6 Å². The van der Waals surface area contributed by atoms with Crippen molar-refractivity contribution in [1.82, 2.24) is 0 Å². The third kappa shape index (κ3) is 7.79. The van der Waals surface area contributed by atoms with E-state index in [0.29, 0.717) is 24.7 Å². The van der Waals surface area contributed by atoms with E-state index in [2.05, 4.69) is 10.8 Å². The molecule has 34 heavy (non-hydrogen) atoms. The molecule has 0 bridgehead atoms. The Hall–Kier alpha value is -1.95. The number of carbonyl (C=O) groups is 2. The van der Waals surface area contributed by atoms with Crippen molar-refractivity contribution in [2.75, 3.05) is 5.75 Å². The van der Waals surface area contributed by atoms with Gasteiger partial charge in [0.15, 0.2) is 0 Å². The fourth-order valence-electron chi connectivity index (χ4n) is 4.22. The van der Waals surface area contributed by atoms with Gasteiger partial charge in [-0.3, -0.25) is 9.35 Å². The van der Waals surface area contributed by atoms with Crippen LogP contribution < -0.4 is 0 Å². The normalized spacial score (nSPS) is 19.9. The van der Waals surface area contributed by atoms with E-state index in [1.165, 1.54) is 0 Å². The van der Waals surface area contributed by atoms with Gasteiger partial charge in [0.25, 0.3) is 10.1 Å². The molecular formula is C20H28B3F3O7S. The SMILES string of the molecule is BCc1cc(CB)c(CB)c(C(=O)OC2CCCC(C(=O)OC(CS(=O)(=O)O)C(F)(F)F)C2)c1. The fourth-order valence-corrected chi connectivity index (χ4v) is 4.86. The van der Waals surface area contributed by atoms with Gasteiger partial charge in [-0.25, -0.2) is 4.79 Å². The minimum atomic E-state index is -5.16. The zero-order valence-electron chi connectivity index (χ0n) is 19.5. The first-order valence-electron chi connectivity index (χ1n) is 11.4. The van der Waals surface area contributed by atoms with E-state index in [4.69, 9.17) is 9.29 Å². The Bertz CT molecular complexity index is 1000. The van der Waals surface area contributed by atoms with Crippen molar-refractivity contribution < 1.29 is 45.2 Å². The van der Waals surface area contributed by atoms with Gasteiger partial charge >= 0.3 is 18.1 Å². The van der Waals surface area contributed by atoms with E-state index in [9.17, 15) is 31.2 Å². The number of esters is 2. The largest absolute Gasteiger partial charge is 0.459 e. The lowest BCUT2D eigenvalue weighted by Crippen LogP contribution is -2.42. The summed E-state index contributed by atoms with van der Waals surface area (Å²) in [6.45, 7) is 0. The molecule has 1 fully saturated rings. The molecule has 0 aliphatic heterocycles. The summed E-state index contributed by atoms with van der Waals surface area (Å²) in [6, 6.07) is 3.85. The van der Waals surface area contributed by atoms with Crippen LogP contribution in [0.4, 0.5) is 13.2 Å². The van der Waals surface area contributed by atoms with Gasteiger partial charge in [0.05, 0.1) is 11.5 Å². The van der Waals surface area contributed by atoms with E-state index in [-0.39, 0.29) is 12.8 Å². The van der Waals surface area contributed by atoms with Crippen LogP contribution in [0.1, 0.15) is 52.7 Å². The summed E-state index contributed by atoms with van der Waals surface area (Å²) < 4.78 is 79.9. The highest BCUT2D eigenvalue weighted by Crippen LogP contribution is 2.31. The number of carbonyl (C=O) groups excluding carboxylic acids is 2. The second kappa shape index (κ2) is 11.7. The molecule has 186 valence electrons. The topological polar surface area (TPSA) is 107 Å². The molecule has 0 aromatic heterocycles. The van der Waals surface area contributed by atoms with Crippen LogP contribution in [0.5, 0.6) is 0 Å². The number of ether oxygens (including phenoxy) is 2. The first-order valence-corrected chi connectivity index (χ1v) is 13.0. The first kappa shape index (κ1) is 28.3. The second-order valence-corrected chi connectivity index (χ2v) is 9.95. The van der Waals surface area contributed by atoms with Crippen molar-refractivity contribution in [1.29, 1.82) is 0 Å². The smallest absolute Gasteiger partial charge is 0.426 e. The van der Waals surface area contributed by atoms with Crippen LogP contribution in [0.2, 0.25) is 0 Å². The average Bonchev–Trinajstić information content (AvgIpc) is 2.76. The van der Waals surface area contributed by atoms with Gasteiger partial charge in [0, 0.05) is 0 Å². The lowest BCUT2D eigenvalue weighted by Gasteiger charge is -2.29. The van der Waals surface area contributed by atoms with Crippen molar-refractivity contribution in [3.05, 3.63) is 34.4 Å². The molecule has 1 N–H and O–H groups in total. The molecule has 0 amide bonds. The third-order valence-corrected chi connectivity index (χ3v) is 6.71. The number of alkyl halides is 3. The highest BCUT2D eigenvalue weighted by Gasteiger charge is 2.46. The molecule has 0 radical (unpaired) electrons. The molecule has 1 aromatic rings. The number of halogens is 3. The number of benzene rings is 1. The summed E-state index contributed by atoms with van der Waals surface area (Å²) >= 11 is 0. The summed E-state index contributed by atoms with van der Waals surface area (Å²) in [5, 5.41) is 0. The minimum absolute atomic E-state index is 0.0312. The standard InChI is InChI=1S/C20H28B3F3O7S/c21-7-11-4-13(8-22)16(9-23)15(5-11)19(28)32-14-3-1-2-12(6-14)18(27)33-17(20(24,25)26)10-34(29,30)31/h4-5,12,14,17H,1-3,6-10,21-23H2,(H,29,30,31). The Morgan fingerprint density at radius 2 is 1.79 bits per heavy atom. The maximum absolute atomic E-state index is 13.1. The molecule has 3 atom stereocenters. The quantitative estimate of drug-likeness (QED) is 0.292. The van der Waals surface area contributed by atoms with Gasteiger partial charge in [0.2, 0.25) is 6.10 Å². The van der Waals surface area contributed by atoms with Crippen molar-refractivity contribution >= 4 is 45.6 Å². The number of hydrogen-bond donors (Lipinski definition) is 1. The lowest BCUT2D eigenvalue weighted by atomic mass is 9.81. The molecule has 1 saturated carbocycles. The Morgan fingerprint density at radius 3 is 2.32 bits per heavy atom. The highest BCUT2D eigenvalue weighted by atomic mass is 32.2. The van der Waals surface area contributed by atoms with Crippen LogP contribution in [-0.2, 0) is 43.3 Å². The zero-order valence-corrected chi connectivity index (χ0v) is 20.3. The highest BCUT2D eigenvalue weighted by molar-refractivity contribution is 7.85. The Morgan fingerprint density at radius 1 is 1.12 bits per heavy atom. The molecule has 0 heterocycles. The van der Waals surface area contributed by atoms with E-state index < -0.39 is 52.1 Å². The molecule has 3 unspecified atom stereocenters. The summed E-state index contributed by atoms with van der Waals surface area (Å²) in [7, 11) is 0.885. The van der Waals surface area contributed by atoms with Crippen LogP contribution in [0.15, 0.2) is 12.1 Å². The molecule has 2 rings (SSSR count). The Balaban J connectivity index is 2.13. The average molecular weight is 502 g/mol. The van der Waals surface area contributed by atoms with Gasteiger partial charge < -0.3 is 9.47 Å². The van der Waals surface area contributed by atoms with E-state index in [1.54, 1.807) is 6.07 Å². The first-order chi connectivity index (χ1) is 15.8. The van der Waals surface area contributed by atoms with Crippen molar-refractivity contribution in [3.8, 4) is 0 Å². The van der Waals surface area contributed by atoms with Crippen LogP contribution in [0.25, 0.3) is 0 Å². The van der Waals surface area contributed by atoms with Crippen LogP contribution in [0, 0.1) is 5.92 Å². The van der Waals surface area contributed by atoms with Gasteiger partial charge in [-0.15, -0.1) is 0 Å². The minimum Gasteiger partial charge on any atom is -0.459 e. The van der Waals surface area contributed by atoms with E-state index in [1.807, 2.05) is 23.5 Å². The van der Waals surface area contributed by atoms with Gasteiger partial charge in [-0.1, -0.05) is 36.2 Å². The number of hydrogen-bond acceptors (Lipinski definition) is 6. The van der Waals surface area contributed by atoms with Crippen LogP contribution >= 0.6 is 0 Å². The Kier molecular flexibility index (Phi) is 9.70. The second-order valence-electron chi connectivity index (χ2n) is 8.45. The maximum Gasteiger partial charge on any atom is 0.426 e. The summed E-state index contributed by atoms with van der Waals surface area (Å²) in [5.74, 6) is -4.54. The Labute approximate surface area is 200 Å². The molecule has 0 spiro atoms. The van der Waals surface area contributed by atoms with Gasteiger partial charge in [-0.05, 0) is 37.3 Å². The van der Waals surface area contributed by atoms with E-state index >= 15 is 0 Å². The maximum atomic E-state index is 13.1. The predicted octanol–water partition coefficient (Wildman–Crippen LogP) is 0.163. The van der Waals surface area contributed by atoms with Gasteiger partial charge in [-0.2, -0.15) is 21.6 Å². The summed E-state index contributed by atoms with van der Waals surface area (Å²) in [4.78, 5) is 25.4. The third-order valence-electron chi connectivity index (χ3n) is 5.98. The number of rotatable bonds is 9. The molecule has 1 aliphatic rings. The van der Waals surface area contributed by atoms with E-state index in [0.717, 1.165) is 29.3 Å².